The van der Waals surface area contributed by atoms with Crippen molar-refractivity contribution in [3.63, 3.8) is 0 Å². The summed E-state index contributed by atoms with van der Waals surface area (Å²) in [5.41, 5.74) is -1.14. The molecule has 0 radical (unpaired) electrons. The Morgan fingerprint density at radius 3 is 2.82 bits per heavy atom. The number of hydrogen-bond acceptors (Lipinski definition) is 2. The van der Waals surface area contributed by atoms with Crippen LogP contribution in [0.15, 0.2) is 18.2 Å². The van der Waals surface area contributed by atoms with Crippen LogP contribution >= 0.6 is 0 Å². The van der Waals surface area contributed by atoms with Crippen molar-refractivity contribution in [2.45, 2.75) is 19.3 Å². The minimum absolute atomic E-state index is 0.0758. The largest absolute Gasteiger partial charge is 0.481 e. The van der Waals surface area contributed by atoms with Gasteiger partial charge >= 0.3 is 12.0 Å². The molecule has 1 aliphatic heterocycles. The summed E-state index contributed by atoms with van der Waals surface area (Å²) >= 11 is 0. The van der Waals surface area contributed by atoms with Crippen molar-refractivity contribution in [2.75, 3.05) is 18.4 Å². The number of nitrogens with one attached hydrogen (secondary N) is 1. The van der Waals surface area contributed by atoms with E-state index in [1.807, 2.05) is 0 Å². The summed E-state index contributed by atoms with van der Waals surface area (Å²) in [6, 6.07) is 2.93. The number of amides is 2. The quantitative estimate of drug-likeness (QED) is 0.882. The predicted molar refractivity (Wildman–Crippen MR) is 74.4 cm³/mol. The Morgan fingerprint density at radius 2 is 2.14 bits per heavy atom. The minimum Gasteiger partial charge on any atom is -0.481 e. The highest BCUT2D eigenvalue weighted by atomic mass is 19.2. The van der Waals surface area contributed by atoms with Crippen molar-refractivity contribution < 1.29 is 23.5 Å². The summed E-state index contributed by atoms with van der Waals surface area (Å²) < 4.78 is 26.7. The molecule has 118 valence electrons. The molecule has 22 heavy (non-hydrogen) atoms. The molecule has 2 aliphatic rings. The van der Waals surface area contributed by atoms with E-state index >= 15 is 0 Å². The van der Waals surface area contributed by atoms with Crippen LogP contribution in [-0.2, 0) is 4.79 Å². The Labute approximate surface area is 125 Å². The third-order valence-electron chi connectivity index (χ3n) is 4.78. The van der Waals surface area contributed by atoms with E-state index in [0.29, 0.717) is 13.0 Å². The van der Waals surface area contributed by atoms with Crippen molar-refractivity contribution in [2.24, 2.45) is 11.3 Å². The van der Waals surface area contributed by atoms with Gasteiger partial charge in [0.25, 0.3) is 0 Å². The third-order valence-corrected chi connectivity index (χ3v) is 4.78. The summed E-state index contributed by atoms with van der Waals surface area (Å²) in [6.45, 7) is 0.435. The fourth-order valence-corrected chi connectivity index (χ4v) is 3.59. The molecule has 0 bridgehead atoms. The maximum absolute atomic E-state index is 13.6. The molecule has 2 N–H and O–H groups in total. The van der Waals surface area contributed by atoms with Gasteiger partial charge in [0.05, 0.1) is 11.1 Å². The summed E-state index contributed by atoms with van der Waals surface area (Å²) in [6.07, 6.45) is 2.15. The molecule has 7 heteroatoms. The second-order valence-electron chi connectivity index (χ2n) is 5.96. The fraction of sp³-hybridized carbons (Fsp3) is 0.467. The van der Waals surface area contributed by atoms with E-state index in [1.165, 1.54) is 17.0 Å². The molecule has 5 nitrogen and oxygen atoms in total. The van der Waals surface area contributed by atoms with E-state index in [2.05, 4.69) is 5.32 Å². The van der Waals surface area contributed by atoms with Crippen LogP contribution in [-0.4, -0.2) is 35.1 Å². The number of carboxylic acid groups (broad SMARTS) is 1. The molecule has 2 atom stereocenters. The van der Waals surface area contributed by atoms with Crippen LogP contribution in [0.5, 0.6) is 0 Å². The van der Waals surface area contributed by atoms with Crippen LogP contribution in [0.3, 0.4) is 0 Å². The second kappa shape index (κ2) is 5.23. The van der Waals surface area contributed by atoms with Gasteiger partial charge in [-0.2, -0.15) is 0 Å². The van der Waals surface area contributed by atoms with E-state index in [9.17, 15) is 23.5 Å². The summed E-state index contributed by atoms with van der Waals surface area (Å²) in [7, 11) is 0. The standard InChI is InChI=1S/C15H16F2N2O3/c16-10-4-1-5-11(12(10)17)18-14(22)19-7-9-3-2-6-15(9,8-19)13(20)21/h1,4-5,9H,2-3,6-8H2,(H,18,22)(H,20,21)/t9-,15+/m0/s1. The first kappa shape index (κ1) is 14.7. The molecule has 1 aliphatic carbocycles. The van der Waals surface area contributed by atoms with Crippen molar-refractivity contribution in [1.82, 2.24) is 4.90 Å². The Morgan fingerprint density at radius 1 is 1.36 bits per heavy atom. The van der Waals surface area contributed by atoms with Crippen LogP contribution in [0.4, 0.5) is 19.3 Å². The fourth-order valence-electron chi connectivity index (χ4n) is 3.59. The molecule has 0 aromatic heterocycles. The number of anilines is 1. The number of carboxylic acids is 1. The van der Waals surface area contributed by atoms with E-state index in [1.54, 1.807) is 0 Å². The van der Waals surface area contributed by atoms with Gasteiger partial charge in [0.1, 0.15) is 0 Å². The van der Waals surface area contributed by atoms with Crippen LogP contribution < -0.4 is 5.32 Å². The lowest BCUT2D eigenvalue weighted by Crippen LogP contribution is -2.38. The van der Waals surface area contributed by atoms with E-state index in [0.717, 1.165) is 18.9 Å². The maximum atomic E-state index is 13.6. The SMILES string of the molecule is O=C(Nc1cccc(F)c1F)N1C[C@@H]2CCC[C@@]2(C(=O)O)C1. The number of nitrogens with zero attached hydrogens (tertiary/aromatic N) is 1. The highest BCUT2D eigenvalue weighted by Gasteiger charge is 2.55. The van der Waals surface area contributed by atoms with Crippen LogP contribution in [0, 0.1) is 23.0 Å². The number of carbonyl (C=O) groups excluding carboxylic acids is 1. The molecular formula is C15H16F2N2O3. The van der Waals surface area contributed by atoms with E-state index in [4.69, 9.17) is 0 Å². The predicted octanol–water partition coefficient (Wildman–Crippen LogP) is 2.68. The number of halogens is 2. The Bertz CT molecular complexity index is 637. The number of aliphatic carboxylic acids is 1. The third kappa shape index (κ3) is 2.20. The number of hydrogen-bond donors (Lipinski definition) is 2. The second-order valence-corrected chi connectivity index (χ2v) is 5.96. The average molecular weight is 310 g/mol. The molecule has 1 aromatic rings. The zero-order chi connectivity index (χ0) is 15.9. The van der Waals surface area contributed by atoms with Crippen molar-refractivity contribution >= 4 is 17.7 Å². The van der Waals surface area contributed by atoms with Crippen LogP contribution in [0.1, 0.15) is 19.3 Å². The zero-order valence-electron chi connectivity index (χ0n) is 11.8. The highest BCUT2D eigenvalue weighted by Crippen LogP contribution is 2.48. The van der Waals surface area contributed by atoms with Gasteiger partial charge in [-0.05, 0) is 30.9 Å². The first-order chi connectivity index (χ1) is 10.4. The number of carbonyl (C=O) groups is 2. The van der Waals surface area contributed by atoms with Crippen molar-refractivity contribution in [3.05, 3.63) is 29.8 Å². The van der Waals surface area contributed by atoms with Crippen molar-refractivity contribution in [3.8, 4) is 0 Å². The Balaban J connectivity index is 1.75. The number of urea groups is 1. The molecule has 1 saturated carbocycles. The van der Waals surface area contributed by atoms with Crippen molar-refractivity contribution in [1.29, 1.82) is 0 Å². The van der Waals surface area contributed by atoms with Gasteiger partial charge in [0.2, 0.25) is 0 Å². The minimum atomic E-state index is -1.12. The van der Waals surface area contributed by atoms with Crippen LogP contribution in [0.25, 0.3) is 0 Å². The zero-order valence-corrected chi connectivity index (χ0v) is 11.8. The molecule has 3 rings (SSSR count). The number of likely N-dealkylation sites (tertiary alicyclic amines) is 1. The summed E-state index contributed by atoms with van der Waals surface area (Å²) in [4.78, 5) is 25.1. The lowest BCUT2D eigenvalue weighted by molar-refractivity contribution is -0.149. The molecular weight excluding hydrogens is 294 g/mol. The maximum Gasteiger partial charge on any atom is 0.321 e. The topological polar surface area (TPSA) is 69.6 Å². The van der Waals surface area contributed by atoms with Gasteiger partial charge in [-0.15, -0.1) is 0 Å². The molecule has 2 amide bonds. The number of rotatable bonds is 2. The summed E-state index contributed by atoms with van der Waals surface area (Å²) in [5.74, 6) is -3.13. The van der Waals surface area contributed by atoms with E-state index in [-0.39, 0.29) is 18.2 Å². The van der Waals surface area contributed by atoms with E-state index < -0.39 is 29.0 Å². The lowest BCUT2D eigenvalue weighted by atomic mass is 9.81. The smallest absolute Gasteiger partial charge is 0.321 e. The molecule has 1 heterocycles. The molecule has 1 aromatic carbocycles. The molecule has 2 fully saturated rings. The number of benzene rings is 1. The first-order valence-electron chi connectivity index (χ1n) is 7.17. The Kier molecular flexibility index (Phi) is 3.50. The van der Waals surface area contributed by atoms with Gasteiger partial charge in [-0.25, -0.2) is 13.6 Å². The first-order valence-corrected chi connectivity index (χ1v) is 7.17. The number of fused-ring (bicyclic) bond motifs is 1. The monoisotopic (exact) mass is 310 g/mol. The lowest BCUT2D eigenvalue weighted by Gasteiger charge is -2.23. The Hall–Kier alpha value is -2.18. The molecule has 0 spiro atoms. The molecule has 0 unspecified atom stereocenters. The average Bonchev–Trinajstić information content (AvgIpc) is 3.01. The van der Waals surface area contributed by atoms with Crippen LogP contribution in [0.2, 0.25) is 0 Å². The van der Waals surface area contributed by atoms with Gasteiger partial charge in [0.15, 0.2) is 11.6 Å². The summed E-state index contributed by atoms with van der Waals surface area (Å²) in [5, 5.41) is 11.8. The van der Waals surface area contributed by atoms with Gasteiger partial charge in [-0.1, -0.05) is 12.5 Å². The normalized spacial score (nSPS) is 26.8. The van der Waals surface area contributed by atoms with Gasteiger partial charge in [-0.3, -0.25) is 4.79 Å². The molecule has 1 saturated heterocycles. The highest BCUT2D eigenvalue weighted by molar-refractivity contribution is 5.90. The van der Waals surface area contributed by atoms with Gasteiger partial charge in [0, 0.05) is 13.1 Å². The van der Waals surface area contributed by atoms with Gasteiger partial charge < -0.3 is 15.3 Å².